The summed E-state index contributed by atoms with van der Waals surface area (Å²) in [5.74, 6) is 1.50. The molecule has 9 nitrogen and oxygen atoms in total. The van der Waals surface area contributed by atoms with Crippen LogP contribution in [-0.4, -0.2) is 61.5 Å². The maximum absolute atomic E-state index is 13.4. The van der Waals surface area contributed by atoms with E-state index >= 15 is 0 Å². The molecule has 0 aliphatic carbocycles. The fourth-order valence-corrected chi connectivity index (χ4v) is 5.98. The molecule has 11 heteroatoms. The third kappa shape index (κ3) is 8.46. The summed E-state index contributed by atoms with van der Waals surface area (Å²) in [6.07, 6.45) is 3.80. The highest BCUT2D eigenvalue weighted by atomic mass is 32.2. The quantitative estimate of drug-likeness (QED) is 0.245. The summed E-state index contributed by atoms with van der Waals surface area (Å²) < 4.78 is 51.3. The molecule has 0 atom stereocenters. The zero-order valence-corrected chi connectivity index (χ0v) is 25.9. The number of urea groups is 1. The average molecular weight is 614 g/mol. The molecule has 0 saturated carbocycles. The second kappa shape index (κ2) is 13.7. The molecule has 1 fully saturated rings. The first kappa shape index (κ1) is 32.2. The van der Waals surface area contributed by atoms with E-state index in [9.17, 15) is 22.7 Å². The molecule has 0 radical (unpaired) electrons. The Kier molecular flexibility index (Phi) is 10.3. The molecular formula is C32H40FN3O6S. The number of ether oxygens (including phenoxy) is 2. The lowest BCUT2D eigenvalue weighted by Gasteiger charge is -2.39. The number of nitrogens with zero attached hydrogens (tertiary/aromatic N) is 2. The van der Waals surface area contributed by atoms with Gasteiger partial charge in [0, 0.05) is 51.1 Å². The highest BCUT2D eigenvalue weighted by molar-refractivity contribution is 7.89. The van der Waals surface area contributed by atoms with Gasteiger partial charge < -0.3 is 24.8 Å². The first-order valence-corrected chi connectivity index (χ1v) is 15.9. The van der Waals surface area contributed by atoms with Crippen LogP contribution in [0.3, 0.4) is 0 Å². The zero-order chi connectivity index (χ0) is 31.2. The molecule has 2 N–H and O–H groups in total. The van der Waals surface area contributed by atoms with Crippen molar-refractivity contribution < 1.29 is 32.2 Å². The van der Waals surface area contributed by atoms with Crippen LogP contribution in [0.15, 0.2) is 71.6 Å². The molecule has 1 saturated heterocycles. The number of nitrogens with one attached hydrogen (secondary N) is 1. The number of piperidine rings is 1. The van der Waals surface area contributed by atoms with Gasteiger partial charge in [0.25, 0.3) is 0 Å². The van der Waals surface area contributed by atoms with Gasteiger partial charge in [-0.3, -0.25) is 0 Å². The zero-order valence-electron chi connectivity index (χ0n) is 25.0. The Morgan fingerprint density at radius 2 is 1.44 bits per heavy atom. The van der Waals surface area contributed by atoms with Crippen LogP contribution < -0.4 is 14.8 Å². The van der Waals surface area contributed by atoms with Crippen molar-refractivity contribution in [1.82, 2.24) is 9.21 Å². The van der Waals surface area contributed by atoms with E-state index in [2.05, 4.69) is 19.2 Å². The summed E-state index contributed by atoms with van der Waals surface area (Å²) in [7, 11) is -0.677. The third-order valence-corrected chi connectivity index (χ3v) is 9.65. The van der Waals surface area contributed by atoms with Crippen molar-refractivity contribution in [1.29, 1.82) is 0 Å². The van der Waals surface area contributed by atoms with Crippen molar-refractivity contribution in [3.63, 3.8) is 0 Å². The van der Waals surface area contributed by atoms with Gasteiger partial charge in [-0.1, -0.05) is 26.7 Å². The number of carbonyl (C=O) groups excluding carboxylic acids is 1. The lowest BCUT2D eigenvalue weighted by atomic mass is 9.81. The molecule has 1 aliphatic heterocycles. The van der Waals surface area contributed by atoms with Crippen LogP contribution in [0.1, 0.15) is 46.0 Å². The van der Waals surface area contributed by atoms with Gasteiger partial charge in [0.15, 0.2) is 0 Å². The SMILES string of the molecule is CCC(CC)CC1(O)CCN(C(=O)Nc2cc(Oc3ccc(F)cc3)cc(Oc3ccc(S(=O)(=O)N(C)C)cc3)c2)CC1. The number of halogens is 1. The summed E-state index contributed by atoms with van der Waals surface area (Å²) in [6.45, 7) is 5.13. The number of anilines is 1. The van der Waals surface area contributed by atoms with E-state index in [0.717, 1.165) is 23.6 Å². The molecule has 0 unspecified atom stereocenters. The molecule has 43 heavy (non-hydrogen) atoms. The van der Waals surface area contributed by atoms with E-state index in [1.165, 1.54) is 50.5 Å². The molecule has 232 valence electrons. The van der Waals surface area contributed by atoms with E-state index in [-0.39, 0.29) is 10.9 Å². The average Bonchev–Trinajstić information content (AvgIpc) is 2.97. The number of amides is 2. The standard InChI is InChI=1S/C32H40FN3O6S/c1-5-23(6-2)22-32(38)15-17-36(18-16-32)31(37)34-25-19-28(41-26-9-7-24(33)8-10-26)21-29(20-25)42-27-11-13-30(14-12-27)43(39,40)35(3)4/h7-14,19-21,23,38H,5-6,15-18,22H2,1-4H3,(H,34,37). The van der Waals surface area contributed by atoms with E-state index < -0.39 is 21.4 Å². The third-order valence-electron chi connectivity index (χ3n) is 7.82. The Morgan fingerprint density at radius 3 is 1.93 bits per heavy atom. The normalized spacial score (nSPS) is 15.0. The highest BCUT2D eigenvalue weighted by Crippen LogP contribution is 2.35. The number of carbonyl (C=O) groups is 1. The van der Waals surface area contributed by atoms with Gasteiger partial charge in [0.05, 0.1) is 10.5 Å². The Morgan fingerprint density at radius 1 is 0.930 bits per heavy atom. The molecule has 0 spiro atoms. The fourth-order valence-electron chi connectivity index (χ4n) is 5.07. The smallest absolute Gasteiger partial charge is 0.321 e. The Bertz CT molecular complexity index is 1480. The summed E-state index contributed by atoms with van der Waals surface area (Å²) in [5.41, 5.74) is -0.358. The summed E-state index contributed by atoms with van der Waals surface area (Å²) in [6, 6.07) is 16.1. The van der Waals surface area contributed by atoms with Crippen LogP contribution in [0.2, 0.25) is 0 Å². The minimum Gasteiger partial charge on any atom is -0.457 e. The monoisotopic (exact) mass is 613 g/mol. The molecule has 0 bridgehead atoms. The number of hydrogen-bond donors (Lipinski definition) is 2. The second-order valence-electron chi connectivity index (χ2n) is 11.1. The minimum atomic E-state index is -3.60. The first-order valence-electron chi connectivity index (χ1n) is 14.5. The number of sulfonamides is 1. The Labute approximate surface area is 253 Å². The number of aliphatic hydroxyl groups is 1. The molecule has 0 aromatic heterocycles. The molecule has 1 aliphatic rings. The van der Waals surface area contributed by atoms with E-state index in [1.54, 1.807) is 35.2 Å². The summed E-state index contributed by atoms with van der Waals surface area (Å²) >= 11 is 0. The Balaban J connectivity index is 1.51. The molecule has 3 aromatic carbocycles. The van der Waals surface area contributed by atoms with Gasteiger partial charge >= 0.3 is 6.03 Å². The van der Waals surface area contributed by atoms with Gasteiger partial charge in [-0.25, -0.2) is 21.9 Å². The van der Waals surface area contributed by atoms with Crippen molar-refractivity contribution >= 4 is 21.7 Å². The van der Waals surface area contributed by atoms with Crippen molar-refractivity contribution in [3.05, 3.63) is 72.5 Å². The van der Waals surface area contributed by atoms with E-state index in [4.69, 9.17) is 9.47 Å². The summed E-state index contributed by atoms with van der Waals surface area (Å²) in [4.78, 5) is 15.0. The molecule has 4 rings (SSSR count). The topological polar surface area (TPSA) is 108 Å². The maximum Gasteiger partial charge on any atom is 0.321 e. The van der Waals surface area contributed by atoms with E-state index in [0.29, 0.717) is 60.5 Å². The maximum atomic E-state index is 13.4. The lowest BCUT2D eigenvalue weighted by Crippen LogP contribution is -2.48. The number of hydrogen-bond acceptors (Lipinski definition) is 6. The van der Waals surface area contributed by atoms with Gasteiger partial charge in [-0.15, -0.1) is 0 Å². The van der Waals surface area contributed by atoms with E-state index in [1.807, 2.05) is 0 Å². The van der Waals surface area contributed by atoms with Crippen molar-refractivity contribution in [2.75, 3.05) is 32.5 Å². The molecular weight excluding hydrogens is 573 g/mol. The lowest BCUT2D eigenvalue weighted by molar-refractivity contribution is -0.0309. The van der Waals surface area contributed by atoms with Crippen LogP contribution in [0, 0.1) is 11.7 Å². The van der Waals surface area contributed by atoms with Crippen LogP contribution in [0.4, 0.5) is 14.9 Å². The van der Waals surface area contributed by atoms with Gasteiger partial charge in [-0.05, 0) is 73.7 Å². The van der Waals surface area contributed by atoms with Gasteiger partial charge in [-0.2, -0.15) is 0 Å². The van der Waals surface area contributed by atoms with Crippen molar-refractivity contribution in [3.8, 4) is 23.0 Å². The fraction of sp³-hybridized carbons (Fsp3) is 0.406. The van der Waals surface area contributed by atoms with Crippen molar-refractivity contribution in [2.24, 2.45) is 5.92 Å². The highest BCUT2D eigenvalue weighted by Gasteiger charge is 2.35. The first-order chi connectivity index (χ1) is 20.4. The molecule has 1 heterocycles. The van der Waals surface area contributed by atoms with Crippen molar-refractivity contribution in [2.45, 2.75) is 56.4 Å². The van der Waals surface area contributed by atoms with Crippen LogP contribution in [0.5, 0.6) is 23.0 Å². The van der Waals surface area contributed by atoms with Gasteiger partial charge in [0.1, 0.15) is 28.8 Å². The predicted octanol–water partition coefficient (Wildman–Crippen LogP) is 6.85. The van der Waals surface area contributed by atoms with Gasteiger partial charge in [0.2, 0.25) is 10.0 Å². The van der Waals surface area contributed by atoms with Crippen LogP contribution >= 0.6 is 0 Å². The number of likely N-dealkylation sites (tertiary alicyclic amines) is 1. The van der Waals surface area contributed by atoms with Crippen LogP contribution in [-0.2, 0) is 10.0 Å². The number of benzene rings is 3. The predicted molar refractivity (Wildman–Crippen MR) is 164 cm³/mol. The molecule has 3 aromatic rings. The molecule has 2 amide bonds. The van der Waals surface area contributed by atoms with Crippen LogP contribution in [0.25, 0.3) is 0 Å². The largest absolute Gasteiger partial charge is 0.457 e. The summed E-state index contributed by atoms with van der Waals surface area (Å²) in [5, 5.41) is 14.0. The second-order valence-corrected chi connectivity index (χ2v) is 13.3. The minimum absolute atomic E-state index is 0.125. The number of rotatable bonds is 11. The Hall–Kier alpha value is -3.67.